The summed E-state index contributed by atoms with van der Waals surface area (Å²) in [5.41, 5.74) is 8.04. The third-order valence-electron chi connectivity index (χ3n) is 2.22. The zero-order chi connectivity index (χ0) is 12.3. The van der Waals surface area contributed by atoms with Gasteiger partial charge < -0.3 is 5.73 Å². The lowest BCUT2D eigenvalue weighted by Crippen LogP contribution is -1.89. The lowest BCUT2D eigenvalue weighted by Gasteiger charge is -2.00. The van der Waals surface area contributed by atoms with E-state index in [4.69, 9.17) is 5.73 Å². The summed E-state index contributed by atoms with van der Waals surface area (Å²) in [4.78, 5) is 4.61. The minimum Gasteiger partial charge on any atom is -0.389 e. The molecular formula is C13H16N2S2. The first-order chi connectivity index (χ1) is 8.16. The Bertz CT molecular complexity index is 477. The Morgan fingerprint density at radius 1 is 1.29 bits per heavy atom. The van der Waals surface area contributed by atoms with Crippen LogP contribution in [0.5, 0.6) is 0 Å². The summed E-state index contributed by atoms with van der Waals surface area (Å²) in [5.74, 6) is 1.76. The first kappa shape index (κ1) is 12.5. The number of rotatable bonds is 4. The molecule has 2 aromatic rings. The van der Waals surface area contributed by atoms with Crippen LogP contribution < -0.4 is 5.73 Å². The fourth-order valence-electron chi connectivity index (χ4n) is 1.41. The molecule has 0 amide bonds. The predicted octanol–water partition coefficient (Wildman–Crippen LogP) is 4.14. The molecule has 0 fully saturated rings. The molecule has 2 nitrogen and oxygen atoms in total. The number of hydrogen-bond donors (Lipinski definition) is 1. The summed E-state index contributed by atoms with van der Waals surface area (Å²) >= 11 is 3.37. The van der Waals surface area contributed by atoms with Crippen LogP contribution in [0.3, 0.4) is 0 Å². The number of hydrogen-bond acceptors (Lipinski definition) is 4. The molecule has 0 unspecified atom stereocenters. The van der Waals surface area contributed by atoms with Gasteiger partial charge >= 0.3 is 0 Å². The summed E-state index contributed by atoms with van der Waals surface area (Å²) in [6, 6.07) is 10.1. The van der Waals surface area contributed by atoms with Crippen molar-refractivity contribution in [3.05, 3.63) is 30.3 Å². The van der Waals surface area contributed by atoms with E-state index >= 15 is 0 Å². The maximum absolute atomic E-state index is 6.02. The van der Waals surface area contributed by atoms with Gasteiger partial charge in [-0.3, -0.25) is 0 Å². The minimum atomic E-state index is 0.672. The second kappa shape index (κ2) is 5.56. The van der Waals surface area contributed by atoms with Crippen molar-refractivity contribution < 1.29 is 0 Å². The molecule has 0 saturated carbocycles. The second-order valence-electron chi connectivity index (χ2n) is 4.26. The molecule has 0 aliphatic rings. The molecule has 0 bridgehead atoms. The van der Waals surface area contributed by atoms with E-state index in [1.54, 1.807) is 23.1 Å². The van der Waals surface area contributed by atoms with Crippen LogP contribution in [0.15, 0.2) is 34.7 Å². The largest absolute Gasteiger partial charge is 0.389 e. The Kier molecular flexibility index (Phi) is 4.07. The van der Waals surface area contributed by atoms with E-state index in [-0.39, 0.29) is 0 Å². The maximum Gasteiger partial charge on any atom is 0.152 e. The average molecular weight is 264 g/mol. The van der Waals surface area contributed by atoms with Crippen molar-refractivity contribution in [3.63, 3.8) is 0 Å². The van der Waals surface area contributed by atoms with Crippen molar-refractivity contribution in [2.75, 3.05) is 11.5 Å². The van der Waals surface area contributed by atoms with Gasteiger partial charge in [0.2, 0.25) is 0 Å². The van der Waals surface area contributed by atoms with Crippen molar-refractivity contribution in [2.24, 2.45) is 5.92 Å². The van der Waals surface area contributed by atoms with Gasteiger partial charge in [0.1, 0.15) is 10.7 Å². The van der Waals surface area contributed by atoms with Crippen LogP contribution in [0.4, 0.5) is 5.00 Å². The maximum atomic E-state index is 6.02. The Labute approximate surface area is 110 Å². The lowest BCUT2D eigenvalue weighted by molar-refractivity contribution is 0.750. The SMILES string of the molecule is CC(C)CSc1nc(-c2ccccc2)c(N)s1. The molecule has 1 aromatic heterocycles. The first-order valence-corrected chi connectivity index (χ1v) is 7.41. The van der Waals surface area contributed by atoms with Gasteiger partial charge in [0.05, 0.1) is 0 Å². The highest BCUT2D eigenvalue weighted by Crippen LogP contribution is 2.35. The number of thioether (sulfide) groups is 1. The van der Waals surface area contributed by atoms with E-state index in [9.17, 15) is 0 Å². The molecule has 2 N–H and O–H groups in total. The van der Waals surface area contributed by atoms with Gasteiger partial charge in [-0.25, -0.2) is 4.98 Å². The fraction of sp³-hybridized carbons (Fsp3) is 0.308. The number of nitrogens with zero attached hydrogens (tertiary/aromatic N) is 1. The summed E-state index contributed by atoms with van der Waals surface area (Å²) in [7, 11) is 0. The van der Waals surface area contributed by atoms with Gasteiger partial charge in [0, 0.05) is 11.3 Å². The Balaban J connectivity index is 2.20. The molecule has 1 aromatic carbocycles. The van der Waals surface area contributed by atoms with Crippen LogP contribution in [-0.4, -0.2) is 10.7 Å². The predicted molar refractivity (Wildman–Crippen MR) is 77.5 cm³/mol. The van der Waals surface area contributed by atoms with Gasteiger partial charge in [0.25, 0.3) is 0 Å². The molecule has 2 rings (SSSR count). The van der Waals surface area contributed by atoms with Gasteiger partial charge in [-0.15, -0.1) is 0 Å². The first-order valence-electron chi connectivity index (χ1n) is 5.61. The van der Waals surface area contributed by atoms with Crippen LogP contribution in [0.2, 0.25) is 0 Å². The second-order valence-corrected chi connectivity index (χ2v) is 6.56. The topological polar surface area (TPSA) is 38.9 Å². The Morgan fingerprint density at radius 3 is 2.65 bits per heavy atom. The van der Waals surface area contributed by atoms with E-state index < -0.39 is 0 Å². The highest BCUT2D eigenvalue weighted by Gasteiger charge is 2.10. The van der Waals surface area contributed by atoms with Gasteiger partial charge in [-0.2, -0.15) is 0 Å². The summed E-state index contributed by atoms with van der Waals surface area (Å²) in [6.45, 7) is 4.42. The fourth-order valence-corrected chi connectivity index (χ4v) is 3.34. The van der Waals surface area contributed by atoms with Gasteiger partial charge in [0.15, 0.2) is 4.34 Å². The molecule has 90 valence electrons. The van der Waals surface area contributed by atoms with Crippen molar-refractivity contribution >= 4 is 28.1 Å². The molecule has 17 heavy (non-hydrogen) atoms. The average Bonchev–Trinajstić information content (AvgIpc) is 2.69. The van der Waals surface area contributed by atoms with E-state index in [1.165, 1.54) is 0 Å². The number of nitrogens with two attached hydrogens (primary N) is 1. The molecular weight excluding hydrogens is 248 g/mol. The molecule has 1 heterocycles. The molecule has 0 aliphatic carbocycles. The highest BCUT2D eigenvalue weighted by atomic mass is 32.2. The van der Waals surface area contributed by atoms with Crippen molar-refractivity contribution in [3.8, 4) is 11.3 Å². The van der Waals surface area contributed by atoms with Gasteiger partial charge in [-0.05, 0) is 5.92 Å². The Hall–Kier alpha value is -1.00. The number of aromatic nitrogens is 1. The van der Waals surface area contributed by atoms with E-state index in [0.717, 1.165) is 26.4 Å². The van der Waals surface area contributed by atoms with Crippen LogP contribution in [0.25, 0.3) is 11.3 Å². The van der Waals surface area contributed by atoms with Gasteiger partial charge in [-0.1, -0.05) is 67.3 Å². The van der Waals surface area contributed by atoms with E-state index in [0.29, 0.717) is 5.92 Å². The smallest absolute Gasteiger partial charge is 0.152 e. The normalized spacial score (nSPS) is 11.0. The van der Waals surface area contributed by atoms with Crippen molar-refractivity contribution in [1.29, 1.82) is 0 Å². The van der Waals surface area contributed by atoms with E-state index in [2.05, 4.69) is 18.8 Å². The van der Waals surface area contributed by atoms with Crippen LogP contribution in [0.1, 0.15) is 13.8 Å². The number of anilines is 1. The van der Waals surface area contributed by atoms with Crippen LogP contribution in [0, 0.1) is 5.92 Å². The molecule has 0 radical (unpaired) electrons. The third-order valence-corrected chi connectivity index (χ3v) is 4.68. The monoisotopic (exact) mass is 264 g/mol. The quantitative estimate of drug-likeness (QED) is 0.843. The minimum absolute atomic E-state index is 0.672. The summed E-state index contributed by atoms with van der Waals surface area (Å²) < 4.78 is 1.06. The standard InChI is InChI=1S/C13H16N2S2/c1-9(2)8-16-13-15-11(12(14)17-13)10-6-4-3-5-7-10/h3-7,9H,8,14H2,1-2H3. The van der Waals surface area contributed by atoms with E-state index in [1.807, 2.05) is 30.3 Å². The summed E-state index contributed by atoms with van der Waals surface area (Å²) in [6.07, 6.45) is 0. The third kappa shape index (κ3) is 3.23. The lowest BCUT2D eigenvalue weighted by atomic mass is 10.2. The zero-order valence-corrected chi connectivity index (χ0v) is 11.6. The molecule has 0 atom stereocenters. The van der Waals surface area contributed by atoms with Crippen molar-refractivity contribution in [2.45, 2.75) is 18.2 Å². The number of nitrogen functional groups attached to an aromatic ring is 1. The summed E-state index contributed by atoms with van der Waals surface area (Å²) in [5, 5.41) is 0.808. The molecule has 0 aliphatic heterocycles. The molecule has 0 spiro atoms. The van der Waals surface area contributed by atoms with Crippen LogP contribution in [-0.2, 0) is 0 Å². The van der Waals surface area contributed by atoms with Crippen LogP contribution >= 0.6 is 23.1 Å². The van der Waals surface area contributed by atoms with Crippen molar-refractivity contribution in [1.82, 2.24) is 4.98 Å². The number of thiazole rings is 1. The molecule has 4 heteroatoms. The Morgan fingerprint density at radius 2 is 2.00 bits per heavy atom. The number of benzene rings is 1. The zero-order valence-electron chi connectivity index (χ0n) is 10.0. The molecule has 0 saturated heterocycles. The highest BCUT2D eigenvalue weighted by molar-refractivity contribution is 8.01.